The van der Waals surface area contributed by atoms with Crippen molar-refractivity contribution in [2.24, 2.45) is 7.05 Å². The molecular weight excluding hydrogens is 432 g/mol. The minimum Gasteiger partial charge on any atom is -0.496 e. The lowest BCUT2D eigenvalue weighted by Crippen LogP contribution is -2.27. The van der Waals surface area contributed by atoms with Gasteiger partial charge in [0.2, 0.25) is 5.91 Å². The molecule has 0 atom stereocenters. The Morgan fingerprint density at radius 1 is 1.18 bits per heavy atom. The molecule has 8 nitrogen and oxygen atoms in total. The van der Waals surface area contributed by atoms with E-state index in [0.717, 1.165) is 28.9 Å². The van der Waals surface area contributed by atoms with Crippen molar-refractivity contribution in [1.29, 1.82) is 0 Å². The van der Waals surface area contributed by atoms with Crippen molar-refractivity contribution < 1.29 is 19.1 Å². The van der Waals surface area contributed by atoms with Crippen LogP contribution in [0.2, 0.25) is 0 Å². The number of hydrogen-bond acceptors (Lipinski definition) is 5. The third kappa shape index (κ3) is 6.48. The van der Waals surface area contributed by atoms with E-state index in [0.29, 0.717) is 30.3 Å². The van der Waals surface area contributed by atoms with Crippen molar-refractivity contribution in [3.05, 3.63) is 77.1 Å². The first kappa shape index (κ1) is 24.6. The zero-order valence-electron chi connectivity index (χ0n) is 19.9. The minimum atomic E-state index is -0.370. The second-order valence-electron chi connectivity index (χ2n) is 7.79. The fourth-order valence-electron chi connectivity index (χ4n) is 3.35. The third-order valence-corrected chi connectivity index (χ3v) is 5.06. The summed E-state index contributed by atoms with van der Waals surface area (Å²) in [6, 6.07) is 13.4. The van der Waals surface area contributed by atoms with Gasteiger partial charge in [-0.3, -0.25) is 14.3 Å². The number of aromatic nitrogens is 2. The molecule has 34 heavy (non-hydrogen) atoms. The lowest BCUT2D eigenvalue weighted by molar-refractivity contribution is -0.111. The van der Waals surface area contributed by atoms with Crippen LogP contribution < -0.4 is 20.1 Å². The number of carbonyl (C=O) groups excluding carboxylic acids is 2. The van der Waals surface area contributed by atoms with E-state index in [-0.39, 0.29) is 11.8 Å². The van der Waals surface area contributed by atoms with Gasteiger partial charge < -0.3 is 20.1 Å². The largest absolute Gasteiger partial charge is 0.496 e. The van der Waals surface area contributed by atoms with Gasteiger partial charge in [0.05, 0.1) is 19.0 Å². The van der Waals surface area contributed by atoms with E-state index in [1.807, 2.05) is 56.3 Å². The fourth-order valence-corrected chi connectivity index (χ4v) is 3.35. The predicted molar refractivity (Wildman–Crippen MR) is 132 cm³/mol. The van der Waals surface area contributed by atoms with Crippen molar-refractivity contribution in [2.75, 3.05) is 19.0 Å². The van der Waals surface area contributed by atoms with Crippen LogP contribution in [0, 0.1) is 6.92 Å². The average Bonchev–Trinajstić information content (AvgIpc) is 3.19. The van der Waals surface area contributed by atoms with Gasteiger partial charge in [0, 0.05) is 25.2 Å². The fraction of sp³-hybridized carbons (Fsp3) is 0.269. The molecule has 0 aliphatic heterocycles. The Morgan fingerprint density at radius 3 is 2.74 bits per heavy atom. The molecule has 2 amide bonds. The van der Waals surface area contributed by atoms with Crippen molar-refractivity contribution in [3.8, 4) is 11.5 Å². The Morgan fingerprint density at radius 2 is 2.00 bits per heavy atom. The molecule has 0 fully saturated rings. The van der Waals surface area contributed by atoms with Gasteiger partial charge in [0.25, 0.3) is 5.91 Å². The van der Waals surface area contributed by atoms with Gasteiger partial charge in [-0.15, -0.1) is 0 Å². The van der Waals surface area contributed by atoms with Crippen LogP contribution in [-0.4, -0.2) is 35.2 Å². The van der Waals surface area contributed by atoms with Gasteiger partial charge in [0.1, 0.15) is 23.8 Å². The first-order chi connectivity index (χ1) is 16.4. The maximum atomic E-state index is 12.5. The second kappa shape index (κ2) is 11.7. The molecule has 3 rings (SSSR count). The number of amides is 2. The Bertz CT molecular complexity index is 1180. The standard InChI is InChI=1S/C26H30N4O4/c1-5-13-27-26(32)25-22(16-28-30(25)3)29-24(31)12-10-19-9-11-23(33-4)20(15-19)17-34-21-8-6-7-18(2)14-21/h6-12,14-16H,5,13,17H2,1-4H3,(H,27,32)(H,29,31)/b12-10+. The second-order valence-corrected chi connectivity index (χ2v) is 7.79. The molecule has 2 aromatic carbocycles. The quantitative estimate of drug-likeness (QED) is 0.442. The summed E-state index contributed by atoms with van der Waals surface area (Å²) >= 11 is 0. The average molecular weight is 463 g/mol. The molecule has 0 saturated heterocycles. The normalized spacial score (nSPS) is 10.8. The van der Waals surface area contributed by atoms with E-state index >= 15 is 0 Å². The number of carbonyl (C=O) groups is 2. The van der Waals surface area contributed by atoms with Gasteiger partial charge in [-0.25, -0.2) is 0 Å². The first-order valence-electron chi connectivity index (χ1n) is 11.1. The number of aryl methyl sites for hydroxylation is 2. The van der Waals surface area contributed by atoms with E-state index in [4.69, 9.17) is 9.47 Å². The molecule has 1 heterocycles. The zero-order valence-corrected chi connectivity index (χ0v) is 19.9. The van der Waals surface area contributed by atoms with Crippen molar-refractivity contribution >= 4 is 23.6 Å². The summed E-state index contributed by atoms with van der Waals surface area (Å²) in [7, 11) is 3.26. The Hall–Kier alpha value is -4.07. The number of methoxy groups -OCH3 is 1. The van der Waals surface area contributed by atoms with E-state index in [1.54, 1.807) is 20.2 Å². The molecule has 0 radical (unpaired) electrons. The highest BCUT2D eigenvalue weighted by Crippen LogP contribution is 2.23. The topological polar surface area (TPSA) is 94.5 Å². The molecule has 8 heteroatoms. The van der Waals surface area contributed by atoms with Crippen LogP contribution in [0.3, 0.4) is 0 Å². The number of nitrogens with one attached hydrogen (secondary N) is 2. The Labute approximate surface area is 199 Å². The molecule has 0 bridgehead atoms. The number of anilines is 1. The van der Waals surface area contributed by atoms with Crippen molar-refractivity contribution in [3.63, 3.8) is 0 Å². The van der Waals surface area contributed by atoms with Gasteiger partial charge in [-0.1, -0.05) is 25.1 Å². The number of rotatable bonds is 10. The van der Waals surface area contributed by atoms with Crippen LogP contribution in [0.15, 0.2) is 54.7 Å². The lowest BCUT2D eigenvalue weighted by atomic mass is 10.1. The van der Waals surface area contributed by atoms with Gasteiger partial charge in [-0.2, -0.15) is 5.10 Å². The summed E-state index contributed by atoms with van der Waals surface area (Å²) in [6.07, 6.45) is 5.38. The molecule has 0 aliphatic carbocycles. The molecule has 0 aliphatic rings. The summed E-state index contributed by atoms with van der Waals surface area (Å²) < 4.78 is 12.8. The summed E-state index contributed by atoms with van der Waals surface area (Å²) in [4.78, 5) is 24.9. The van der Waals surface area contributed by atoms with Gasteiger partial charge in [-0.05, 0) is 54.8 Å². The molecule has 3 aromatic rings. The molecular formula is C26H30N4O4. The van der Waals surface area contributed by atoms with E-state index in [2.05, 4.69) is 15.7 Å². The molecule has 0 spiro atoms. The number of nitrogens with zero attached hydrogens (tertiary/aromatic N) is 2. The summed E-state index contributed by atoms with van der Waals surface area (Å²) in [5.74, 6) is 0.824. The highest BCUT2D eigenvalue weighted by molar-refractivity contribution is 6.06. The van der Waals surface area contributed by atoms with Crippen LogP contribution in [0.25, 0.3) is 6.08 Å². The number of benzene rings is 2. The number of ether oxygens (including phenoxy) is 2. The van der Waals surface area contributed by atoms with Crippen LogP contribution in [0.5, 0.6) is 11.5 Å². The minimum absolute atomic E-state index is 0.283. The van der Waals surface area contributed by atoms with Crippen LogP contribution >= 0.6 is 0 Å². The van der Waals surface area contributed by atoms with E-state index in [9.17, 15) is 9.59 Å². The SMILES string of the molecule is CCCNC(=O)c1c(NC(=O)/C=C/c2ccc(OC)c(COc3cccc(C)c3)c2)cnn1C. The summed E-state index contributed by atoms with van der Waals surface area (Å²) in [5, 5.41) is 9.61. The van der Waals surface area contributed by atoms with E-state index in [1.165, 1.54) is 17.0 Å². The number of hydrogen-bond donors (Lipinski definition) is 2. The maximum absolute atomic E-state index is 12.5. The Kier molecular flexibility index (Phi) is 8.45. The smallest absolute Gasteiger partial charge is 0.271 e. The lowest BCUT2D eigenvalue weighted by Gasteiger charge is -2.11. The van der Waals surface area contributed by atoms with Crippen molar-refractivity contribution in [2.45, 2.75) is 26.9 Å². The Balaban J connectivity index is 1.69. The molecule has 0 saturated carbocycles. The van der Waals surface area contributed by atoms with Gasteiger partial charge >= 0.3 is 0 Å². The van der Waals surface area contributed by atoms with E-state index < -0.39 is 0 Å². The highest BCUT2D eigenvalue weighted by atomic mass is 16.5. The zero-order chi connectivity index (χ0) is 24.5. The van der Waals surface area contributed by atoms with Crippen LogP contribution in [0.4, 0.5) is 5.69 Å². The predicted octanol–water partition coefficient (Wildman–Crippen LogP) is 4.11. The molecule has 2 N–H and O–H groups in total. The molecule has 1 aromatic heterocycles. The van der Waals surface area contributed by atoms with Crippen LogP contribution in [-0.2, 0) is 18.4 Å². The maximum Gasteiger partial charge on any atom is 0.271 e. The first-order valence-corrected chi connectivity index (χ1v) is 11.1. The molecule has 178 valence electrons. The van der Waals surface area contributed by atoms with Crippen molar-refractivity contribution in [1.82, 2.24) is 15.1 Å². The van der Waals surface area contributed by atoms with Gasteiger partial charge in [0.15, 0.2) is 0 Å². The molecule has 0 unspecified atom stereocenters. The van der Waals surface area contributed by atoms with Crippen LogP contribution in [0.1, 0.15) is 40.5 Å². The summed E-state index contributed by atoms with van der Waals surface area (Å²) in [6.45, 7) is 4.85. The summed E-state index contributed by atoms with van der Waals surface area (Å²) in [5.41, 5.74) is 3.44. The third-order valence-electron chi connectivity index (χ3n) is 5.06. The monoisotopic (exact) mass is 462 g/mol. The highest BCUT2D eigenvalue weighted by Gasteiger charge is 2.17.